The number of rotatable bonds is 4. The van der Waals surface area contributed by atoms with E-state index in [4.69, 9.17) is 14.4 Å². The van der Waals surface area contributed by atoms with Gasteiger partial charge >= 0.3 is 6.09 Å². The van der Waals surface area contributed by atoms with E-state index in [2.05, 4.69) is 48.1 Å². The molecule has 7 heteroatoms. The summed E-state index contributed by atoms with van der Waals surface area (Å²) in [5.41, 5.74) is 6.56. The van der Waals surface area contributed by atoms with Gasteiger partial charge in [0.2, 0.25) is 0 Å². The Labute approximate surface area is 170 Å². The minimum atomic E-state index is -0.535. The summed E-state index contributed by atoms with van der Waals surface area (Å²) < 4.78 is 5.24. The quantitative estimate of drug-likeness (QED) is 0.819. The number of ether oxygens (including phenoxy) is 1. The van der Waals surface area contributed by atoms with Crippen molar-refractivity contribution >= 4 is 17.5 Å². The molecule has 0 aromatic heterocycles. The van der Waals surface area contributed by atoms with Gasteiger partial charge in [0.05, 0.1) is 18.5 Å². The number of nitrogens with one attached hydrogen (secondary N) is 2. The number of carbonyl (C=O) groups excluding carboxylic acids is 1. The molecule has 0 radical (unpaired) electrons. The van der Waals surface area contributed by atoms with Crippen LogP contribution >= 0.6 is 0 Å². The average Bonchev–Trinajstić information content (AvgIpc) is 3.14. The lowest BCUT2D eigenvalue weighted by atomic mass is 9.91. The SMILES string of the molecule is COc1ccccc1NC(=O)ON1CCC2(C=C(c3ccc(C)cc3)NO2)CC1. The van der Waals surface area contributed by atoms with Crippen LogP contribution in [0, 0.1) is 6.92 Å². The highest BCUT2D eigenvalue weighted by Crippen LogP contribution is 2.35. The van der Waals surface area contributed by atoms with Crippen LogP contribution in [-0.2, 0) is 9.68 Å². The number of benzene rings is 2. The summed E-state index contributed by atoms with van der Waals surface area (Å²) in [6.07, 6.45) is 3.05. The van der Waals surface area contributed by atoms with Crippen molar-refractivity contribution in [2.75, 3.05) is 25.5 Å². The van der Waals surface area contributed by atoms with Crippen molar-refractivity contribution in [2.45, 2.75) is 25.4 Å². The van der Waals surface area contributed by atoms with E-state index in [9.17, 15) is 4.79 Å². The maximum absolute atomic E-state index is 12.2. The lowest BCUT2D eigenvalue weighted by Gasteiger charge is -2.35. The number of piperidine rings is 1. The van der Waals surface area contributed by atoms with Crippen LogP contribution in [0.15, 0.2) is 54.6 Å². The molecule has 2 aromatic rings. The summed E-state index contributed by atoms with van der Waals surface area (Å²) in [6.45, 7) is 3.23. The topological polar surface area (TPSA) is 72.1 Å². The molecule has 1 saturated heterocycles. The Hall–Kier alpha value is -3.03. The Bertz CT molecular complexity index is 903. The van der Waals surface area contributed by atoms with Gasteiger partial charge < -0.3 is 9.57 Å². The Balaban J connectivity index is 1.32. The molecule has 0 bridgehead atoms. The van der Waals surface area contributed by atoms with E-state index < -0.39 is 6.09 Å². The van der Waals surface area contributed by atoms with Crippen LogP contribution in [0.4, 0.5) is 10.5 Å². The molecule has 4 rings (SSSR count). The fourth-order valence-corrected chi connectivity index (χ4v) is 3.55. The standard InChI is InChI=1S/C22H25N3O4/c1-16-7-9-17(10-8-16)19-15-22(29-24-19)11-13-25(14-12-22)28-21(26)23-18-5-3-4-6-20(18)27-2/h3-10,15,24H,11-14H2,1-2H3,(H,23,26). The maximum Gasteiger partial charge on any atom is 0.430 e. The van der Waals surface area contributed by atoms with Crippen LogP contribution < -0.4 is 15.5 Å². The van der Waals surface area contributed by atoms with E-state index in [0.29, 0.717) is 24.5 Å². The predicted octanol–water partition coefficient (Wildman–Crippen LogP) is 3.88. The van der Waals surface area contributed by atoms with Gasteiger partial charge in [-0.1, -0.05) is 42.0 Å². The molecule has 1 fully saturated rings. The Morgan fingerprint density at radius 3 is 2.59 bits per heavy atom. The molecule has 2 aromatic carbocycles. The summed E-state index contributed by atoms with van der Waals surface area (Å²) in [5, 5.41) is 4.38. The minimum absolute atomic E-state index is 0.376. The first-order chi connectivity index (χ1) is 14.1. The molecule has 2 aliphatic heterocycles. The highest BCUT2D eigenvalue weighted by molar-refractivity contribution is 5.86. The van der Waals surface area contributed by atoms with E-state index in [1.54, 1.807) is 24.3 Å². The zero-order valence-electron chi connectivity index (χ0n) is 16.6. The van der Waals surface area contributed by atoms with Gasteiger partial charge in [-0.2, -0.15) is 0 Å². The maximum atomic E-state index is 12.2. The molecule has 0 unspecified atom stereocenters. The summed E-state index contributed by atoms with van der Waals surface area (Å²) in [5.74, 6) is 0.584. The summed E-state index contributed by atoms with van der Waals surface area (Å²) in [7, 11) is 1.56. The van der Waals surface area contributed by atoms with Gasteiger partial charge in [0.1, 0.15) is 11.4 Å². The number of nitrogens with zero attached hydrogens (tertiary/aromatic N) is 1. The van der Waals surface area contributed by atoms with Gasteiger partial charge in [-0.25, -0.2) is 4.79 Å². The van der Waals surface area contributed by atoms with Crippen molar-refractivity contribution in [3.8, 4) is 5.75 Å². The Morgan fingerprint density at radius 1 is 1.14 bits per heavy atom. The van der Waals surface area contributed by atoms with Crippen LogP contribution in [0.2, 0.25) is 0 Å². The number of hydrogen-bond acceptors (Lipinski definition) is 6. The van der Waals surface area contributed by atoms with Crippen molar-refractivity contribution in [1.29, 1.82) is 0 Å². The van der Waals surface area contributed by atoms with Crippen molar-refractivity contribution in [1.82, 2.24) is 10.5 Å². The van der Waals surface area contributed by atoms with E-state index >= 15 is 0 Å². The zero-order chi connectivity index (χ0) is 20.3. The third-order valence-corrected chi connectivity index (χ3v) is 5.26. The molecule has 2 N–H and O–H groups in total. The summed E-state index contributed by atoms with van der Waals surface area (Å²) >= 11 is 0. The van der Waals surface area contributed by atoms with E-state index in [0.717, 1.165) is 24.1 Å². The van der Waals surface area contributed by atoms with Gasteiger partial charge in [0.25, 0.3) is 0 Å². The fourth-order valence-electron chi connectivity index (χ4n) is 3.55. The van der Waals surface area contributed by atoms with Crippen LogP contribution in [0.3, 0.4) is 0 Å². The minimum Gasteiger partial charge on any atom is -0.495 e. The second-order valence-electron chi connectivity index (χ2n) is 7.33. The lowest BCUT2D eigenvalue weighted by molar-refractivity contribution is -0.153. The number of hydrogen-bond donors (Lipinski definition) is 2. The number of carbonyl (C=O) groups is 1. The number of amides is 1. The van der Waals surface area contributed by atoms with Crippen LogP contribution in [0.5, 0.6) is 5.75 Å². The molecule has 7 nitrogen and oxygen atoms in total. The predicted molar refractivity (Wildman–Crippen MR) is 110 cm³/mol. The summed E-state index contributed by atoms with van der Waals surface area (Å²) in [6, 6.07) is 15.5. The molecule has 152 valence electrons. The molecule has 29 heavy (non-hydrogen) atoms. The first-order valence-corrected chi connectivity index (χ1v) is 9.68. The Morgan fingerprint density at radius 2 is 1.86 bits per heavy atom. The van der Waals surface area contributed by atoms with Gasteiger partial charge in [-0.3, -0.25) is 15.6 Å². The highest BCUT2D eigenvalue weighted by Gasteiger charge is 2.39. The largest absolute Gasteiger partial charge is 0.495 e. The number of anilines is 1. The number of para-hydroxylation sites is 2. The fraction of sp³-hybridized carbons (Fsp3) is 0.318. The van der Waals surface area contributed by atoms with Crippen LogP contribution in [0.1, 0.15) is 24.0 Å². The number of hydroxylamine groups is 3. The average molecular weight is 395 g/mol. The second kappa shape index (κ2) is 8.14. The van der Waals surface area contributed by atoms with Crippen molar-refractivity contribution in [3.63, 3.8) is 0 Å². The first-order valence-electron chi connectivity index (χ1n) is 9.68. The number of aryl methyl sites for hydroxylation is 1. The lowest BCUT2D eigenvalue weighted by Crippen LogP contribution is -2.45. The molecular formula is C22H25N3O4. The van der Waals surface area contributed by atoms with Gasteiger partial charge in [-0.15, -0.1) is 5.06 Å². The first kappa shape index (κ1) is 19.3. The second-order valence-corrected chi connectivity index (χ2v) is 7.33. The molecule has 1 amide bonds. The third kappa shape index (κ3) is 4.36. The molecule has 0 saturated carbocycles. The smallest absolute Gasteiger partial charge is 0.430 e. The molecule has 0 aliphatic carbocycles. The Kier molecular flexibility index (Phi) is 5.42. The van der Waals surface area contributed by atoms with Crippen molar-refractivity contribution in [2.24, 2.45) is 0 Å². The monoisotopic (exact) mass is 395 g/mol. The molecule has 1 spiro atoms. The normalized spacial score (nSPS) is 18.1. The molecule has 2 aliphatic rings. The van der Waals surface area contributed by atoms with Crippen molar-refractivity contribution in [3.05, 3.63) is 65.7 Å². The third-order valence-electron chi connectivity index (χ3n) is 5.26. The molecular weight excluding hydrogens is 370 g/mol. The molecule has 0 atom stereocenters. The van der Waals surface area contributed by atoms with Crippen LogP contribution in [-0.4, -0.2) is 37.0 Å². The van der Waals surface area contributed by atoms with E-state index in [1.807, 2.05) is 12.1 Å². The highest BCUT2D eigenvalue weighted by atomic mass is 16.7. The molecule has 2 heterocycles. The summed E-state index contributed by atoms with van der Waals surface area (Å²) in [4.78, 5) is 23.6. The van der Waals surface area contributed by atoms with E-state index in [1.165, 1.54) is 5.56 Å². The van der Waals surface area contributed by atoms with E-state index in [-0.39, 0.29) is 5.60 Å². The van der Waals surface area contributed by atoms with Gasteiger partial charge in [-0.05, 0) is 43.5 Å². The zero-order valence-corrected chi connectivity index (χ0v) is 16.6. The van der Waals surface area contributed by atoms with Gasteiger partial charge in [0, 0.05) is 13.1 Å². The van der Waals surface area contributed by atoms with Gasteiger partial charge in [0.15, 0.2) is 0 Å². The van der Waals surface area contributed by atoms with Crippen LogP contribution in [0.25, 0.3) is 5.70 Å². The van der Waals surface area contributed by atoms with Crippen molar-refractivity contribution < 1.29 is 19.2 Å². The number of methoxy groups -OCH3 is 1.